The summed E-state index contributed by atoms with van der Waals surface area (Å²) in [5.41, 5.74) is 10.8. The van der Waals surface area contributed by atoms with Crippen LogP contribution in [0.25, 0.3) is 87.3 Å². The summed E-state index contributed by atoms with van der Waals surface area (Å²) in [4.78, 5) is 3.65. The molecule has 0 bridgehead atoms. The standard InChI is InChI=1S/C47H26N4/c1-50-35-20-23-45-43(27-35)42-24-30(28-48)18-22-44(42)51(45)36-13-9-12-32(26-36)33-19-21-37(34(25-33)29-49)47-40-16-7-5-14-38(40)46(31-10-3-2-4-11-31)39-15-6-8-17-41(39)47/h2-27H. The van der Waals surface area contributed by atoms with Gasteiger partial charge in [-0.25, -0.2) is 4.85 Å². The summed E-state index contributed by atoms with van der Waals surface area (Å²) in [6.07, 6.45) is 0. The smallest absolute Gasteiger partial charge is 0.188 e. The molecule has 0 fully saturated rings. The molecule has 1 aromatic heterocycles. The van der Waals surface area contributed by atoms with Gasteiger partial charge in [-0.15, -0.1) is 0 Å². The lowest BCUT2D eigenvalue weighted by atomic mass is 9.84. The summed E-state index contributed by atoms with van der Waals surface area (Å²) in [6.45, 7) is 7.57. The number of rotatable bonds is 4. The van der Waals surface area contributed by atoms with Gasteiger partial charge in [-0.2, -0.15) is 10.5 Å². The molecule has 9 rings (SSSR count). The molecule has 0 aliphatic heterocycles. The van der Waals surface area contributed by atoms with Crippen molar-refractivity contribution in [3.8, 4) is 51.2 Å². The minimum atomic E-state index is 0.553. The summed E-state index contributed by atoms with van der Waals surface area (Å²) in [5.74, 6) is 0. The van der Waals surface area contributed by atoms with E-state index in [1.54, 1.807) is 0 Å². The Morgan fingerprint density at radius 2 is 1.08 bits per heavy atom. The quantitative estimate of drug-likeness (QED) is 0.141. The van der Waals surface area contributed by atoms with Crippen LogP contribution in [0.15, 0.2) is 158 Å². The van der Waals surface area contributed by atoms with Crippen molar-refractivity contribution in [2.75, 3.05) is 0 Å². The first-order valence-electron chi connectivity index (χ1n) is 16.7. The largest absolute Gasteiger partial charge is 0.309 e. The van der Waals surface area contributed by atoms with Gasteiger partial charge in [0, 0.05) is 16.6 Å². The number of benzene rings is 8. The van der Waals surface area contributed by atoms with Crippen LogP contribution in [0.3, 0.4) is 0 Å². The molecule has 8 aromatic carbocycles. The van der Waals surface area contributed by atoms with E-state index in [-0.39, 0.29) is 0 Å². The molecule has 0 radical (unpaired) electrons. The van der Waals surface area contributed by atoms with Crippen LogP contribution in [0.1, 0.15) is 11.1 Å². The number of hydrogen-bond donors (Lipinski definition) is 0. The van der Waals surface area contributed by atoms with Gasteiger partial charge in [-0.3, -0.25) is 0 Å². The third kappa shape index (κ3) is 4.74. The fraction of sp³-hybridized carbons (Fsp3) is 0. The van der Waals surface area contributed by atoms with E-state index in [1.807, 2.05) is 54.6 Å². The Labute approximate surface area is 294 Å². The van der Waals surface area contributed by atoms with E-state index in [2.05, 4.69) is 125 Å². The third-order valence-corrected chi connectivity index (χ3v) is 9.85. The molecule has 0 spiro atoms. The van der Waals surface area contributed by atoms with Crippen LogP contribution < -0.4 is 0 Å². The van der Waals surface area contributed by atoms with Crippen molar-refractivity contribution >= 4 is 49.0 Å². The van der Waals surface area contributed by atoms with Crippen molar-refractivity contribution in [1.29, 1.82) is 10.5 Å². The van der Waals surface area contributed by atoms with E-state index < -0.39 is 0 Å². The number of nitrogens with zero attached hydrogens (tertiary/aromatic N) is 4. The van der Waals surface area contributed by atoms with Gasteiger partial charge in [0.05, 0.1) is 40.9 Å². The normalized spacial score (nSPS) is 11.1. The molecule has 0 aliphatic carbocycles. The number of nitriles is 2. The molecule has 0 saturated carbocycles. The molecule has 4 heteroatoms. The second kappa shape index (κ2) is 11.9. The average Bonchev–Trinajstić information content (AvgIpc) is 3.52. The molecule has 0 saturated heterocycles. The number of aromatic nitrogens is 1. The molecule has 4 nitrogen and oxygen atoms in total. The molecule has 234 valence electrons. The van der Waals surface area contributed by atoms with E-state index in [9.17, 15) is 10.5 Å². The van der Waals surface area contributed by atoms with E-state index in [4.69, 9.17) is 6.57 Å². The highest BCUT2D eigenvalue weighted by molar-refractivity contribution is 6.21. The topological polar surface area (TPSA) is 56.9 Å². The Bertz CT molecular complexity index is 2870. The zero-order valence-corrected chi connectivity index (χ0v) is 27.3. The number of hydrogen-bond acceptors (Lipinski definition) is 2. The molecule has 0 amide bonds. The zero-order chi connectivity index (χ0) is 34.5. The fourth-order valence-electron chi connectivity index (χ4n) is 7.62. The number of fused-ring (bicyclic) bond motifs is 5. The Morgan fingerprint density at radius 1 is 0.471 bits per heavy atom. The van der Waals surface area contributed by atoms with Crippen molar-refractivity contribution < 1.29 is 0 Å². The fourth-order valence-corrected chi connectivity index (χ4v) is 7.62. The van der Waals surface area contributed by atoms with E-state index in [0.717, 1.165) is 76.9 Å². The maximum Gasteiger partial charge on any atom is 0.188 e. The predicted octanol–water partition coefficient (Wildman–Crippen LogP) is 12.4. The van der Waals surface area contributed by atoms with E-state index >= 15 is 0 Å². The lowest BCUT2D eigenvalue weighted by molar-refractivity contribution is 1.18. The molecule has 51 heavy (non-hydrogen) atoms. The summed E-state index contributed by atoms with van der Waals surface area (Å²) in [5, 5.41) is 26.6. The maximum atomic E-state index is 10.7. The Morgan fingerprint density at radius 3 is 1.75 bits per heavy atom. The first kappa shape index (κ1) is 29.7. The Hall–Kier alpha value is -7.45. The van der Waals surface area contributed by atoms with Gasteiger partial charge >= 0.3 is 0 Å². The second-order valence-corrected chi connectivity index (χ2v) is 12.6. The van der Waals surface area contributed by atoms with Gasteiger partial charge < -0.3 is 4.57 Å². The van der Waals surface area contributed by atoms with E-state index in [0.29, 0.717) is 16.8 Å². The van der Waals surface area contributed by atoms with Crippen molar-refractivity contribution in [3.63, 3.8) is 0 Å². The molecule has 1 heterocycles. The lowest BCUT2D eigenvalue weighted by Crippen LogP contribution is -1.95. The SMILES string of the molecule is [C-]#[N+]c1ccc2c(c1)c1cc(C#N)ccc1n2-c1cccc(-c2ccc(-c3c4ccccc4c(-c4ccccc4)c4ccccc34)c(C#N)c2)c1. The Kier molecular flexibility index (Phi) is 6.93. The summed E-state index contributed by atoms with van der Waals surface area (Å²) in [7, 11) is 0. The monoisotopic (exact) mass is 646 g/mol. The molecular formula is C47H26N4. The summed E-state index contributed by atoms with van der Waals surface area (Å²) < 4.78 is 2.18. The highest BCUT2D eigenvalue weighted by atomic mass is 15.0. The van der Waals surface area contributed by atoms with Gasteiger partial charge in [0.15, 0.2) is 5.69 Å². The lowest BCUT2D eigenvalue weighted by Gasteiger charge is -2.18. The highest BCUT2D eigenvalue weighted by Gasteiger charge is 2.19. The molecule has 9 aromatic rings. The van der Waals surface area contributed by atoms with Crippen molar-refractivity contribution in [2.24, 2.45) is 0 Å². The molecule has 0 aliphatic rings. The van der Waals surface area contributed by atoms with Gasteiger partial charge in [0.1, 0.15) is 0 Å². The summed E-state index contributed by atoms with van der Waals surface area (Å²) in [6, 6.07) is 58.2. The van der Waals surface area contributed by atoms with Crippen LogP contribution in [-0.2, 0) is 0 Å². The van der Waals surface area contributed by atoms with Crippen LogP contribution in [0.2, 0.25) is 0 Å². The van der Waals surface area contributed by atoms with Crippen LogP contribution in [0.5, 0.6) is 0 Å². The predicted molar refractivity (Wildman–Crippen MR) is 208 cm³/mol. The van der Waals surface area contributed by atoms with Gasteiger partial charge in [0.2, 0.25) is 0 Å². The molecule has 0 N–H and O–H groups in total. The van der Waals surface area contributed by atoms with Crippen LogP contribution in [0.4, 0.5) is 5.69 Å². The van der Waals surface area contributed by atoms with Crippen LogP contribution in [0, 0.1) is 29.2 Å². The Balaban J connectivity index is 1.22. The van der Waals surface area contributed by atoms with Gasteiger partial charge in [-0.05, 0) is 103 Å². The zero-order valence-electron chi connectivity index (χ0n) is 27.3. The molecule has 0 atom stereocenters. The minimum Gasteiger partial charge on any atom is -0.309 e. The van der Waals surface area contributed by atoms with E-state index in [1.165, 1.54) is 5.56 Å². The van der Waals surface area contributed by atoms with Crippen molar-refractivity contribution in [1.82, 2.24) is 4.57 Å². The van der Waals surface area contributed by atoms with Crippen LogP contribution in [-0.4, -0.2) is 4.57 Å². The first-order valence-corrected chi connectivity index (χ1v) is 16.7. The third-order valence-electron chi connectivity index (χ3n) is 9.85. The molecule has 0 unspecified atom stereocenters. The van der Waals surface area contributed by atoms with Gasteiger partial charge in [0.25, 0.3) is 0 Å². The summed E-state index contributed by atoms with van der Waals surface area (Å²) >= 11 is 0. The van der Waals surface area contributed by atoms with Crippen molar-refractivity contribution in [2.45, 2.75) is 0 Å². The maximum absolute atomic E-state index is 10.7. The first-order chi connectivity index (χ1) is 25.2. The minimum absolute atomic E-state index is 0.553. The van der Waals surface area contributed by atoms with Crippen LogP contribution >= 0.6 is 0 Å². The van der Waals surface area contributed by atoms with Crippen molar-refractivity contribution in [3.05, 3.63) is 180 Å². The average molecular weight is 647 g/mol. The molecular weight excluding hydrogens is 621 g/mol. The second-order valence-electron chi connectivity index (χ2n) is 12.6. The van der Waals surface area contributed by atoms with Gasteiger partial charge in [-0.1, -0.05) is 109 Å². The highest BCUT2D eigenvalue weighted by Crippen LogP contribution is 2.45.